The summed E-state index contributed by atoms with van der Waals surface area (Å²) < 4.78 is 32.5. The number of rotatable bonds is 9. The summed E-state index contributed by atoms with van der Waals surface area (Å²) in [6, 6.07) is 16.9. The highest BCUT2D eigenvalue weighted by atomic mass is 32.2. The van der Waals surface area contributed by atoms with Crippen LogP contribution in [-0.4, -0.2) is 88.2 Å². The number of fused-ring (bicyclic) bond motifs is 2. The molecule has 2 atom stereocenters. The fourth-order valence-corrected chi connectivity index (χ4v) is 7.43. The van der Waals surface area contributed by atoms with Crippen LogP contribution in [0.15, 0.2) is 54.6 Å². The van der Waals surface area contributed by atoms with Crippen LogP contribution < -0.4 is 9.62 Å². The number of benzene rings is 2. The van der Waals surface area contributed by atoms with Crippen LogP contribution >= 0.6 is 0 Å². The summed E-state index contributed by atoms with van der Waals surface area (Å²) in [5.74, 6) is -0.287. The molecule has 1 spiro atoms. The van der Waals surface area contributed by atoms with Crippen molar-refractivity contribution in [3.8, 4) is 0 Å². The molecule has 216 valence electrons. The number of sulfonamides is 1. The van der Waals surface area contributed by atoms with E-state index in [0.29, 0.717) is 45.5 Å². The maximum atomic E-state index is 13.8. The number of hydrogen-bond acceptors (Lipinski definition) is 6. The molecule has 10 heteroatoms. The number of nitrogens with zero attached hydrogens (tertiary/aromatic N) is 3. The van der Waals surface area contributed by atoms with E-state index in [1.807, 2.05) is 61.6 Å². The Morgan fingerprint density at radius 2 is 1.75 bits per heavy atom. The van der Waals surface area contributed by atoms with Gasteiger partial charge in [0.15, 0.2) is 0 Å². The van der Waals surface area contributed by atoms with Gasteiger partial charge in [-0.05, 0) is 56.5 Å². The van der Waals surface area contributed by atoms with Crippen LogP contribution in [0.2, 0.25) is 0 Å². The third-order valence-electron chi connectivity index (χ3n) is 8.74. The first-order valence-corrected chi connectivity index (χ1v) is 16.0. The zero-order chi connectivity index (χ0) is 28.3. The number of amides is 2. The van der Waals surface area contributed by atoms with Crippen LogP contribution in [-0.2, 0) is 36.4 Å². The molecular formula is C30H40N4O5S. The van der Waals surface area contributed by atoms with E-state index in [-0.39, 0.29) is 29.9 Å². The lowest BCUT2D eigenvalue weighted by Gasteiger charge is -2.41. The second-order valence-electron chi connectivity index (χ2n) is 11.5. The molecule has 0 radical (unpaired) electrons. The summed E-state index contributed by atoms with van der Waals surface area (Å²) >= 11 is 0. The summed E-state index contributed by atoms with van der Waals surface area (Å²) in [4.78, 5) is 30.8. The molecule has 0 bridgehead atoms. The van der Waals surface area contributed by atoms with Crippen LogP contribution in [0.3, 0.4) is 0 Å². The van der Waals surface area contributed by atoms with Crippen LogP contribution in [0.4, 0.5) is 5.69 Å². The van der Waals surface area contributed by atoms with E-state index < -0.39 is 16.1 Å². The summed E-state index contributed by atoms with van der Waals surface area (Å²) in [6.07, 6.45) is 4.97. The van der Waals surface area contributed by atoms with Crippen molar-refractivity contribution in [3.05, 3.63) is 65.7 Å². The highest BCUT2D eigenvalue weighted by Crippen LogP contribution is 2.47. The largest absolute Gasteiger partial charge is 0.374 e. The molecule has 1 N–H and O–H groups in total. The number of carbonyl (C=O) groups excluding carboxylic acids is 2. The Hall–Kier alpha value is -2.95. The lowest BCUT2D eigenvalue weighted by molar-refractivity contribution is -0.140. The summed E-state index contributed by atoms with van der Waals surface area (Å²) in [5.41, 5.74) is 2.44. The van der Waals surface area contributed by atoms with E-state index >= 15 is 0 Å². The first-order valence-electron chi connectivity index (χ1n) is 14.1. The monoisotopic (exact) mass is 568 g/mol. The topological polar surface area (TPSA) is 99.3 Å². The molecule has 3 heterocycles. The van der Waals surface area contributed by atoms with Crippen LogP contribution in [0, 0.1) is 0 Å². The Morgan fingerprint density at radius 3 is 2.42 bits per heavy atom. The van der Waals surface area contributed by atoms with Crippen LogP contribution in [0.1, 0.15) is 43.2 Å². The number of anilines is 1. The number of ether oxygens (including phenoxy) is 1. The van der Waals surface area contributed by atoms with Gasteiger partial charge in [0.05, 0.1) is 25.2 Å². The van der Waals surface area contributed by atoms with Gasteiger partial charge < -0.3 is 19.9 Å². The highest BCUT2D eigenvalue weighted by Gasteiger charge is 2.47. The smallest absolute Gasteiger partial charge is 0.247 e. The van der Waals surface area contributed by atoms with E-state index in [0.717, 1.165) is 36.2 Å². The van der Waals surface area contributed by atoms with Gasteiger partial charge in [-0.25, -0.2) is 8.42 Å². The summed E-state index contributed by atoms with van der Waals surface area (Å²) in [7, 11) is -1.38. The Labute approximate surface area is 237 Å². The lowest BCUT2D eigenvalue weighted by atomic mass is 9.74. The first kappa shape index (κ1) is 28.6. The summed E-state index contributed by atoms with van der Waals surface area (Å²) in [6.45, 7) is 2.79. The fourth-order valence-electron chi connectivity index (χ4n) is 6.43. The average molecular weight is 569 g/mol. The molecule has 2 fully saturated rings. The molecule has 9 nitrogen and oxygen atoms in total. The minimum atomic E-state index is -3.41. The van der Waals surface area contributed by atoms with Crippen LogP contribution in [0.5, 0.6) is 0 Å². The molecule has 40 heavy (non-hydrogen) atoms. The van der Waals surface area contributed by atoms with Crippen molar-refractivity contribution in [1.29, 1.82) is 0 Å². The molecular weight excluding hydrogens is 528 g/mol. The van der Waals surface area contributed by atoms with Crippen molar-refractivity contribution in [2.75, 3.05) is 50.4 Å². The molecule has 2 amide bonds. The van der Waals surface area contributed by atoms with E-state index in [1.54, 1.807) is 4.90 Å². The SMILES string of the molecule is CN1CCC[C@H]1CC(=O)N[C@H](COCc1ccccc1)C(=O)N1CCC2(CC1)CN(S(C)(=O)=O)c1ccccc12. The van der Waals surface area contributed by atoms with Gasteiger partial charge in [0.25, 0.3) is 0 Å². The first-order chi connectivity index (χ1) is 19.2. The van der Waals surface area contributed by atoms with E-state index in [2.05, 4.69) is 10.2 Å². The molecule has 0 aliphatic carbocycles. The summed E-state index contributed by atoms with van der Waals surface area (Å²) in [5, 5.41) is 2.98. The number of hydrogen-bond donors (Lipinski definition) is 1. The molecule has 0 aromatic heterocycles. The number of piperidine rings is 1. The van der Waals surface area contributed by atoms with Gasteiger partial charge >= 0.3 is 0 Å². The second kappa shape index (κ2) is 11.9. The molecule has 2 saturated heterocycles. The minimum Gasteiger partial charge on any atom is -0.374 e. The van der Waals surface area contributed by atoms with Crippen molar-refractivity contribution in [2.24, 2.45) is 0 Å². The standard InChI is InChI=1S/C30H40N4O5S/c1-32-16-8-11-24(32)19-28(35)31-26(21-39-20-23-9-4-3-5-10-23)29(36)33-17-14-30(15-18-33)22-34(40(2,37)38)27-13-7-6-12-25(27)30/h3-7,9-10,12-13,24,26H,8,11,14-22H2,1-2H3,(H,31,35)/t24-,26+/m0/s1. The molecule has 3 aliphatic heterocycles. The van der Waals surface area contributed by atoms with Gasteiger partial charge in [-0.3, -0.25) is 13.9 Å². The Morgan fingerprint density at radius 1 is 1.05 bits per heavy atom. The minimum absolute atomic E-state index is 0.0896. The predicted octanol–water partition coefficient (Wildman–Crippen LogP) is 2.51. The lowest BCUT2D eigenvalue weighted by Crippen LogP contribution is -2.55. The van der Waals surface area contributed by atoms with E-state index in [4.69, 9.17) is 4.74 Å². The fraction of sp³-hybridized carbons (Fsp3) is 0.533. The van der Waals surface area contributed by atoms with Crippen molar-refractivity contribution < 1.29 is 22.7 Å². The Bertz CT molecular complexity index is 1310. The molecule has 5 rings (SSSR count). The van der Waals surface area contributed by atoms with Gasteiger partial charge in [-0.15, -0.1) is 0 Å². The third-order valence-corrected chi connectivity index (χ3v) is 9.87. The quantitative estimate of drug-likeness (QED) is 0.499. The molecule has 3 aliphatic rings. The number of likely N-dealkylation sites (tertiary alicyclic amines) is 2. The van der Waals surface area contributed by atoms with Crippen molar-refractivity contribution in [2.45, 2.75) is 56.2 Å². The van der Waals surface area contributed by atoms with Crippen LogP contribution in [0.25, 0.3) is 0 Å². The van der Waals surface area contributed by atoms with Gasteiger partial charge in [-0.1, -0.05) is 48.5 Å². The van der Waals surface area contributed by atoms with Crippen molar-refractivity contribution in [3.63, 3.8) is 0 Å². The molecule has 2 aromatic rings. The Balaban J connectivity index is 1.26. The normalized spacial score (nSPS) is 21.4. The maximum absolute atomic E-state index is 13.8. The predicted molar refractivity (Wildman–Crippen MR) is 154 cm³/mol. The van der Waals surface area contributed by atoms with E-state index in [9.17, 15) is 18.0 Å². The zero-order valence-electron chi connectivity index (χ0n) is 23.4. The van der Waals surface area contributed by atoms with Gasteiger partial charge in [0.1, 0.15) is 6.04 Å². The van der Waals surface area contributed by atoms with Crippen molar-refractivity contribution in [1.82, 2.24) is 15.1 Å². The maximum Gasteiger partial charge on any atom is 0.247 e. The third kappa shape index (κ3) is 6.19. The van der Waals surface area contributed by atoms with E-state index in [1.165, 1.54) is 10.6 Å². The zero-order valence-corrected chi connectivity index (χ0v) is 24.2. The van der Waals surface area contributed by atoms with Gasteiger partial charge in [-0.2, -0.15) is 0 Å². The number of nitrogens with one attached hydrogen (secondary N) is 1. The molecule has 0 unspecified atom stereocenters. The number of para-hydroxylation sites is 1. The van der Waals surface area contributed by atoms with Gasteiger partial charge in [0, 0.05) is 37.5 Å². The molecule has 2 aromatic carbocycles. The van der Waals surface area contributed by atoms with Gasteiger partial charge in [0.2, 0.25) is 21.8 Å². The highest BCUT2D eigenvalue weighted by molar-refractivity contribution is 7.92. The number of carbonyl (C=O) groups is 2. The Kier molecular flexibility index (Phi) is 8.49. The molecule has 0 saturated carbocycles. The average Bonchev–Trinajstić information content (AvgIpc) is 3.49. The van der Waals surface area contributed by atoms with Crippen molar-refractivity contribution >= 4 is 27.5 Å². The second-order valence-corrected chi connectivity index (χ2v) is 13.4.